The topological polar surface area (TPSA) is 162 Å². The average Bonchev–Trinajstić information content (AvgIpc) is 3.43. The number of aliphatic hydroxyl groups excluding tert-OH is 2. The van der Waals surface area contributed by atoms with Crippen molar-refractivity contribution in [3.8, 4) is 34.5 Å². The predicted molar refractivity (Wildman–Crippen MR) is 339 cm³/mol. The molecular weight excluding hydrogens is 1050 g/mol. The number of hydrogen-bond donors (Lipinski definition) is 8. The van der Waals surface area contributed by atoms with Gasteiger partial charge in [0.2, 0.25) is 0 Å². The maximum absolute atomic E-state index is 12.8. The molecule has 0 aromatic heterocycles. The van der Waals surface area contributed by atoms with E-state index in [0.29, 0.717) is 81.0 Å². The van der Waals surface area contributed by atoms with E-state index in [2.05, 4.69) is 61.6 Å². The third-order valence-corrected chi connectivity index (χ3v) is 22.7. The summed E-state index contributed by atoms with van der Waals surface area (Å²) in [5.41, 5.74) is 12.5. The van der Waals surface area contributed by atoms with Crippen LogP contribution in [0.3, 0.4) is 0 Å². The Morgan fingerprint density at radius 3 is 1.34 bits per heavy atom. The van der Waals surface area contributed by atoms with Crippen LogP contribution in [-0.4, -0.2) is 47.0 Å². The largest absolute Gasteiger partial charge is 0.512 e. The van der Waals surface area contributed by atoms with Gasteiger partial charge in [-0.05, 0) is 160 Å². The summed E-state index contributed by atoms with van der Waals surface area (Å²) in [7, 11) is 0. The van der Waals surface area contributed by atoms with Crippen molar-refractivity contribution in [1.82, 2.24) is 0 Å². The molecule has 0 spiro atoms. The Kier molecular flexibility index (Phi) is 16.8. The molecule has 448 valence electrons. The SMILES string of the molecule is CC1CC(C2CCCCC2)=CC=C1C1c2cc(c(O)cc2O)C(C2=CC=C(C3CCCCC3)CC2)c2cc(c(O)cc2O)C(c2ccc(C3CCCCC3)cc2)C2=C(O)CC(O)C(=C2)C(C2CC=C(C3CCCCC3)CC2)c2cc1c(O)cc2O. The maximum atomic E-state index is 12.8. The maximum Gasteiger partial charge on any atom is 0.123 e. The number of benzene rings is 4. The lowest BCUT2D eigenvalue weighted by atomic mass is 9.66. The molecule has 4 saturated carbocycles. The van der Waals surface area contributed by atoms with Gasteiger partial charge in [0.25, 0.3) is 0 Å². The zero-order valence-electron chi connectivity index (χ0n) is 50.3. The van der Waals surface area contributed by atoms with Crippen molar-refractivity contribution in [1.29, 1.82) is 0 Å². The second-order valence-electron chi connectivity index (χ2n) is 27.8. The summed E-state index contributed by atoms with van der Waals surface area (Å²) in [4.78, 5) is 0. The first-order valence-electron chi connectivity index (χ1n) is 33.4. The second kappa shape index (κ2) is 24.8. The van der Waals surface area contributed by atoms with Gasteiger partial charge in [-0.3, -0.25) is 0 Å². The molecule has 9 aliphatic carbocycles. The Hall–Kier alpha value is -6.38. The van der Waals surface area contributed by atoms with E-state index in [1.54, 1.807) is 0 Å². The molecule has 8 bridgehead atoms. The van der Waals surface area contributed by atoms with E-state index in [1.807, 2.05) is 24.3 Å². The van der Waals surface area contributed by atoms with Crippen LogP contribution in [0, 0.1) is 29.6 Å². The van der Waals surface area contributed by atoms with Crippen LogP contribution in [0.5, 0.6) is 34.5 Å². The van der Waals surface area contributed by atoms with Gasteiger partial charge in [0.05, 0.1) is 11.9 Å². The Morgan fingerprint density at radius 1 is 0.376 bits per heavy atom. The van der Waals surface area contributed by atoms with Gasteiger partial charge in [0.15, 0.2) is 0 Å². The van der Waals surface area contributed by atoms with E-state index < -0.39 is 29.8 Å². The van der Waals surface area contributed by atoms with Crippen LogP contribution in [-0.2, 0) is 0 Å². The molecule has 0 heterocycles. The lowest BCUT2D eigenvalue weighted by molar-refractivity contribution is 0.171. The van der Waals surface area contributed by atoms with E-state index in [-0.39, 0.29) is 58.5 Å². The molecule has 4 aromatic carbocycles. The van der Waals surface area contributed by atoms with Crippen LogP contribution < -0.4 is 0 Å². The smallest absolute Gasteiger partial charge is 0.123 e. The third kappa shape index (κ3) is 11.5. The van der Waals surface area contributed by atoms with Crippen molar-refractivity contribution in [3.63, 3.8) is 0 Å². The minimum atomic E-state index is -1.13. The summed E-state index contributed by atoms with van der Waals surface area (Å²) in [6.45, 7) is 2.24. The van der Waals surface area contributed by atoms with Gasteiger partial charge in [-0.25, -0.2) is 0 Å². The molecule has 8 nitrogen and oxygen atoms in total. The molecular formula is C77H92O8. The van der Waals surface area contributed by atoms with Gasteiger partial charge in [0, 0.05) is 87.2 Å². The third-order valence-electron chi connectivity index (χ3n) is 22.7. The summed E-state index contributed by atoms with van der Waals surface area (Å²) in [5.74, 6) is -1.79. The molecule has 0 amide bonds. The minimum absolute atomic E-state index is 0.00285. The zero-order valence-corrected chi connectivity index (χ0v) is 50.3. The molecule has 0 radical (unpaired) electrons. The van der Waals surface area contributed by atoms with Crippen LogP contribution in [0.4, 0.5) is 0 Å². The van der Waals surface area contributed by atoms with Crippen molar-refractivity contribution >= 4 is 0 Å². The van der Waals surface area contributed by atoms with Crippen LogP contribution in [0.25, 0.3) is 0 Å². The Balaban J connectivity index is 1.07. The summed E-state index contributed by atoms with van der Waals surface area (Å²) in [6.07, 6.45) is 40.9. The lowest BCUT2D eigenvalue weighted by Gasteiger charge is -2.39. The number of aliphatic hydroxyl groups is 2. The Bertz CT molecular complexity index is 3380. The highest BCUT2D eigenvalue weighted by Gasteiger charge is 2.42. The standard InChI is InChI=1S/C77H92O8/c1-45-36-56(49-20-12-5-13-21-49)34-35-57(45)77-64-39-62(70(82)43-72(64)84)75(54-30-24-51(25-31-54)47-16-8-3-9-17-47)60-37-58(66(78)41-68(60)80)74(53-28-22-50(23-29-53)46-14-6-2-7-15-46)59-38-61(69(81)42-67(59)79)76(63-40-65(77)73(85)44-71(63)83)55-32-26-52(27-33-55)48-18-10-4-11-19-48/h22-24,26,28-30,34-35,37-41,43-49,55,69,74-85H,2-21,25,27,31-33,36,42H2,1H3. The van der Waals surface area contributed by atoms with E-state index in [9.17, 15) is 40.9 Å². The van der Waals surface area contributed by atoms with Crippen LogP contribution in [0.1, 0.15) is 254 Å². The molecule has 7 unspecified atom stereocenters. The first-order chi connectivity index (χ1) is 41.4. The number of hydrogen-bond acceptors (Lipinski definition) is 8. The van der Waals surface area contributed by atoms with Crippen molar-refractivity contribution < 1.29 is 40.9 Å². The van der Waals surface area contributed by atoms with Gasteiger partial charge in [-0.1, -0.05) is 173 Å². The number of fused-ring (bicyclic) bond motifs is 7. The Labute approximate surface area is 504 Å². The van der Waals surface area contributed by atoms with E-state index in [1.165, 1.54) is 156 Å². The fourth-order valence-electron chi connectivity index (χ4n) is 18.1. The Morgan fingerprint density at radius 2 is 0.824 bits per heavy atom. The van der Waals surface area contributed by atoms with Crippen molar-refractivity contribution in [2.75, 3.05) is 0 Å². The molecule has 4 fully saturated rings. The fraction of sp³-hybridized carbons (Fsp3) is 0.506. The summed E-state index contributed by atoms with van der Waals surface area (Å²) in [5, 5.41) is 101. The van der Waals surface area contributed by atoms with Gasteiger partial charge in [-0.2, -0.15) is 0 Å². The fourth-order valence-corrected chi connectivity index (χ4v) is 18.1. The molecule has 7 atom stereocenters. The normalized spacial score (nSPS) is 27.7. The number of allylic oxidation sites excluding steroid dienone is 12. The van der Waals surface area contributed by atoms with Crippen LogP contribution in [0.2, 0.25) is 0 Å². The highest BCUT2D eigenvalue weighted by Crippen LogP contribution is 2.57. The zero-order chi connectivity index (χ0) is 58.5. The number of rotatable bonds is 8. The van der Waals surface area contributed by atoms with E-state index >= 15 is 0 Å². The van der Waals surface area contributed by atoms with Gasteiger partial charge < -0.3 is 40.9 Å². The summed E-state index contributed by atoms with van der Waals surface area (Å²) < 4.78 is 0. The molecule has 4 aromatic rings. The molecule has 9 aliphatic rings. The number of phenolic OH excluding ortho intramolecular Hbond substituents is 6. The average molecular weight is 1150 g/mol. The molecule has 13 rings (SSSR count). The first-order valence-corrected chi connectivity index (χ1v) is 33.4. The van der Waals surface area contributed by atoms with Gasteiger partial charge >= 0.3 is 0 Å². The monoisotopic (exact) mass is 1140 g/mol. The number of phenols is 6. The van der Waals surface area contributed by atoms with Crippen molar-refractivity contribution in [2.45, 2.75) is 216 Å². The minimum Gasteiger partial charge on any atom is -0.512 e. The van der Waals surface area contributed by atoms with E-state index in [4.69, 9.17) is 0 Å². The van der Waals surface area contributed by atoms with Gasteiger partial charge in [0.1, 0.15) is 34.5 Å². The quantitative estimate of drug-likeness (QED) is 0.0809. The van der Waals surface area contributed by atoms with E-state index in [0.717, 1.165) is 55.2 Å². The highest BCUT2D eigenvalue weighted by molar-refractivity contribution is 5.66. The first kappa shape index (κ1) is 57.7. The van der Waals surface area contributed by atoms with Crippen LogP contribution >= 0.6 is 0 Å². The molecule has 0 saturated heterocycles. The molecule has 85 heavy (non-hydrogen) atoms. The molecule has 8 N–H and O–H groups in total. The predicted octanol–water partition coefficient (Wildman–Crippen LogP) is 19.0. The van der Waals surface area contributed by atoms with Crippen molar-refractivity contribution in [3.05, 3.63) is 186 Å². The molecule has 8 heteroatoms. The van der Waals surface area contributed by atoms with Crippen LogP contribution in [0.15, 0.2) is 142 Å². The lowest BCUT2D eigenvalue weighted by Crippen LogP contribution is -2.29. The molecule has 0 aliphatic heterocycles. The second-order valence-corrected chi connectivity index (χ2v) is 27.8. The summed E-state index contributed by atoms with van der Waals surface area (Å²) >= 11 is 0. The van der Waals surface area contributed by atoms with Crippen molar-refractivity contribution in [2.24, 2.45) is 29.6 Å². The number of aromatic hydroxyl groups is 6. The highest BCUT2D eigenvalue weighted by atomic mass is 16.3. The van der Waals surface area contributed by atoms with Gasteiger partial charge in [-0.15, -0.1) is 0 Å². The summed E-state index contributed by atoms with van der Waals surface area (Å²) in [6, 6.07) is 18.7.